The number of carbonyl (C=O) groups excluding carboxylic acids is 2. The monoisotopic (exact) mass is 336 g/mol. The molecule has 9 heteroatoms. The van der Waals surface area contributed by atoms with E-state index in [0.29, 0.717) is 19.3 Å². The summed E-state index contributed by atoms with van der Waals surface area (Å²) in [5.74, 6) is -0.857. The fraction of sp³-hybridized carbons (Fsp3) is 0.857. The molecule has 0 heterocycles. The molecular weight excluding hydrogens is 308 g/mol. The molecule has 5 atom stereocenters. The molecule has 0 radical (unpaired) electrons. The van der Waals surface area contributed by atoms with E-state index < -0.39 is 36.9 Å². The van der Waals surface area contributed by atoms with Crippen LogP contribution in [-0.2, 0) is 9.59 Å². The van der Waals surface area contributed by atoms with Crippen molar-refractivity contribution in [3.63, 3.8) is 0 Å². The van der Waals surface area contributed by atoms with Crippen LogP contribution in [0.5, 0.6) is 0 Å². The van der Waals surface area contributed by atoms with Gasteiger partial charge in [0.2, 0.25) is 0 Å². The first kappa shape index (κ1) is 21.9. The number of ketones is 1. The summed E-state index contributed by atoms with van der Waals surface area (Å²) in [4.78, 5) is 22.8. The molecule has 0 aliphatic carbocycles. The van der Waals surface area contributed by atoms with Gasteiger partial charge in [-0.25, -0.2) is 0 Å². The Kier molecular flexibility index (Phi) is 10.9. The number of aliphatic hydroxyl groups is 5. The molecular formula is C14H28N2O7. The van der Waals surface area contributed by atoms with E-state index in [1.54, 1.807) is 7.05 Å². The Morgan fingerprint density at radius 2 is 1.65 bits per heavy atom. The molecule has 23 heavy (non-hydrogen) atoms. The number of unbranched alkanes of at least 4 members (excludes halogenated alkanes) is 1. The number of hydrogen-bond donors (Lipinski definition) is 7. The van der Waals surface area contributed by atoms with Crippen LogP contribution in [0.3, 0.4) is 0 Å². The second kappa shape index (κ2) is 11.4. The van der Waals surface area contributed by atoms with Crippen molar-refractivity contribution >= 4 is 11.7 Å². The van der Waals surface area contributed by atoms with Gasteiger partial charge in [0.05, 0.1) is 12.6 Å². The Morgan fingerprint density at radius 1 is 1.04 bits per heavy atom. The highest BCUT2D eigenvalue weighted by Gasteiger charge is 2.33. The lowest BCUT2D eigenvalue weighted by Gasteiger charge is -2.24. The summed E-state index contributed by atoms with van der Waals surface area (Å²) in [6.45, 7) is 0.914. The van der Waals surface area contributed by atoms with Gasteiger partial charge in [-0.2, -0.15) is 0 Å². The van der Waals surface area contributed by atoms with E-state index in [0.717, 1.165) is 0 Å². The van der Waals surface area contributed by atoms with Crippen molar-refractivity contribution in [3.05, 3.63) is 0 Å². The Hall–Kier alpha value is -1.10. The van der Waals surface area contributed by atoms with Crippen LogP contribution in [0.4, 0.5) is 0 Å². The number of amides is 1. The summed E-state index contributed by atoms with van der Waals surface area (Å²) >= 11 is 0. The fourth-order valence-corrected chi connectivity index (χ4v) is 2.02. The molecule has 0 saturated carbocycles. The highest BCUT2D eigenvalue weighted by molar-refractivity contribution is 5.81. The summed E-state index contributed by atoms with van der Waals surface area (Å²) in [5.41, 5.74) is 0. The Balaban J connectivity index is 4.08. The first-order valence-electron chi connectivity index (χ1n) is 7.54. The molecule has 0 bridgehead atoms. The molecule has 7 N–H and O–H groups in total. The topological polar surface area (TPSA) is 159 Å². The molecule has 136 valence electrons. The van der Waals surface area contributed by atoms with Gasteiger partial charge in [-0.15, -0.1) is 0 Å². The smallest absolute Gasteiger partial charge is 0.251 e. The molecule has 0 aliphatic heterocycles. The minimum atomic E-state index is -1.92. The summed E-state index contributed by atoms with van der Waals surface area (Å²) < 4.78 is 0. The van der Waals surface area contributed by atoms with Crippen molar-refractivity contribution in [3.8, 4) is 0 Å². The molecule has 1 amide bonds. The van der Waals surface area contributed by atoms with Crippen molar-refractivity contribution in [2.75, 3.05) is 20.2 Å². The lowest BCUT2D eigenvalue weighted by molar-refractivity contribution is -0.148. The highest BCUT2D eigenvalue weighted by Crippen LogP contribution is 2.06. The van der Waals surface area contributed by atoms with Crippen LogP contribution in [-0.4, -0.2) is 87.9 Å². The van der Waals surface area contributed by atoms with Crippen LogP contribution in [0, 0.1) is 0 Å². The van der Waals surface area contributed by atoms with Gasteiger partial charge < -0.3 is 36.2 Å². The second-order valence-corrected chi connectivity index (χ2v) is 5.41. The third-order valence-electron chi connectivity index (χ3n) is 3.58. The Bertz CT molecular complexity index is 367. The predicted octanol–water partition coefficient (Wildman–Crippen LogP) is -3.11. The number of Topliss-reactive ketones (excluding diaryl/α,β-unsaturated/α-hetero) is 1. The SMILES string of the molecule is CN[C@@H](CCCCNC(=O)[C@H](O)[C@@H](O)[C@H](O)[C@H](O)CO)C(C)=O. The third-order valence-corrected chi connectivity index (χ3v) is 3.58. The summed E-state index contributed by atoms with van der Waals surface area (Å²) in [6.07, 6.45) is -5.46. The van der Waals surface area contributed by atoms with Crippen molar-refractivity contribution < 1.29 is 35.1 Å². The maximum Gasteiger partial charge on any atom is 0.251 e. The third kappa shape index (κ3) is 7.82. The average Bonchev–Trinajstić information content (AvgIpc) is 2.54. The lowest BCUT2D eigenvalue weighted by Crippen LogP contribution is -2.51. The van der Waals surface area contributed by atoms with Crippen LogP contribution >= 0.6 is 0 Å². The van der Waals surface area contributed by atoms with Crippen LogP contribution in [0.15, 0.2) is 0 Å². The van der Waals surface area contributed by atoms with Gasteiger partial charge >= 0.3 is 0 Å². The zero-order valence-electron chi connectivity index (χ0n) is 13.5. The molecule has 0 rings (SSSR count). The van der Waals surface area contributed by atoms with Crippen molar-refractivity contribution in [1.82, 2.24) is 10.6 Å². The maximum atomic E-state index is 11.6. The molecule has 0 aromatic rings. The predicted molar refractivity (Wildman–Crippen MR) is 81.5 cm³/mol. The minimum Gasteiger partial charge on any atom is -0.394 e. The minimum absolute atomic E-state index is 0.0338. The maximum absolute atomic E-state index is 11.6. The zero-order chi connectivity index (χ0) is 18.0. The van der Waals surface area contributed by atoms with Gasteiger partial charge in [0.1, 0.15) is 24.1 Å². The van der Waals surface area contributed by atoms with E-state index in [1.807, 2.05) is 0 Å². The zero-order valence-corrected chi connectivity index (χ0v) is 13.5. The standard InChI is InChI=1S/C14H28N2O7/c1-8(18)9(15-2)5-3-4-6-16-14(23)13(22)12(21)11(20)10(19)7-17/h9-13,15,17,19-22H,3-7H2,1-2H3,(H,16,23)/t9-,10+,11+,12-,13+/m0/s1. The van der Waals surface area contributed by atoms with E-state index in [-0.39, 0.29) is 18.4 Å². The molecule has 0 aromatic carbocycles. The van der Waals surface area contributed by atoms with Crippen molar-refractivity contribution in [2.24, 2.45) is 0 Å². The van der Waals surface area contributed by atoms with E-state index in [1.165, 1.54) is 6.92 Å². The quantitative estimate of drug-likeness (QED) is 0.184. The van der Waals surface area contributed by atoms with E-state index in [2.05, 4.69) is 10.6 Å². The summed E-state index contributed by atoms with van der Waals surface area (Å²) in [5, 5.41) is 51.6. The van der Waals surface area contributed by atoms with Gasteiger partial charge in [0, 0.05) is 6.54 Å². The van der Waals surface area contributed by atoms with Gasteiger partial charge in [0.15, 0.2) is 6.10 Å². The van der Waals surface area contributed by atoms with Gasteiger partial charge in [-0.05, 0) is 33.2 Å². The second-order valence-electron chi connectivity index (χ2n) is 5.41. The number of hydrogen-bond acceptors (Lipinski definition) is 8. The van der Waals surface area contributed by atoms with Gasteiger partial charge in [-0.3, -0.25) is 9.59 Å². The Labute approximate surface area is 135 Å². The fourth-order valence-electron chi connectivity index (χ4n) is 2.02. The van der Waals surface area contributed by atoms with Crippen LogP contribution in [0.2, 0.25) is 0 Å². The molecule has 0 aliphatic rings. The number of carbonyl (C=O) groups is 2. The van der Waals surface area contributed by atoms with Crippen LogP contribution in [0.1, 0.15) is 26.2 Å². The molecule has 0 fully saturated rings. The Morgan fingerprint density at radius 3 is 2.13 bits per heavy atom. The normalized spacial score (nSPS) is 17.9. The average molecular weight is 336 g/mol. The van der Waals surface area contributed by atoms with Crippen LogP contribution < -0.4 is 10.6 Å². The number of nitrogens with one attached hydrogen (secondary N) is 2. The molecule has 0 spiro atoms. The number of aliphatic hydroxyl groups excluding tert-OH is 5. The van der Waals surface area contributed by atoms with Crippen molar-refractivity contribution in [1.29, 1.82) is 0 Å². The molecule has 9 nitrogen and oxygen atoms in total. The van der Waals surface area contributed by atoms with Gasteiger partial charge in [0.25, 0.3) is 5.91 Å². The number of rotatable bonds is 12. The first-order valence-corrected chi connectivity index (χ1v) is 7.54. The highest BCUT2D eigenvalue weighted by atomic mass is 16.4. The molecule has 0 aromatic heterocycles. The molecule has 0 saturated heterocycles. The van der Waals surface area contributed by atoms with Crippen LogP contribution in [0.25, 0.3) is 0 Å². The van der Waals surface area contributed by atoms with E-state index >= 15 is 0 Å². The van der Waals surface area contributed by atoms with E-state index in [9.17, 15) is 24.9 Å². The van der Waals surface area contributed by atoms with E-state index in [4.69, 9.17) is 10.2 Å². The first-order chi connectivity index (χ1) is 10.8. The summed E-state index contributed by atoms with van der Waals surface area (Å²) in [7, 11) is 1.69. The lowest BCUT2D eigenvalue weighted by atomic mass is 10.0. The molecule has 0 unspecified atom stereocenters. The van der Waals surface area contributed by atoms with Gasteiger partial charge in [-0.1, -0.05) is 0 Å². The number of likely N-dealkylation sites (N-methyl/N-ethyl adjacent to an activating group) is 1. The van der Waals surface area contributed by atoms with Crippen molar-refractivity contribution in [2.45, 2.75) is 56.6 Å². The largest absolute Gasteiger partial charge is 0.394 e. The summed E-state index contributed by atoms with van der Waals surface area (Å²) in [6, 6.07) is -0.228.